The minimum atomic E-state index is -2.76. The Morgan fingerprint density at radius 3 is 0.774 bits per heavy atom. The van der Waals surface area contributed by atoms with E-state index in [2.05, 4.69) is 130 Å². The summed E-state index contributed by atoms with van der Waals surface area (Å²) in [5.41, 5.74) is 15.2. The normalized spacial score (nSPS) is 13.2. The molecule has 0 saturated heterocycles. The molecule has 8 nitrogen and oxygen atoms in total. The number of nitrogens with zero attached hydrogens (tertiary/aromatic N) is 8. The third-order valence-corrected chi connectivity index (χ3v) is 45.6. The smallest absolute Gasteiger partial charge is 0.134 e. The number of fused-ring (bicyclic) bond motifs is 7. The monoisotopic (exact) mass is 2020 g/mol. The van der Waals surface area contributed by atoms with Gasteiger partial charge in [-0.1, -0.05) is 236 Å². The van der Waals surface area contributed by atoms with Crippen LogP contribution in [0.2, 0.25) is 12.1 Å². The molecule has 2 unspecified atom stereocenters. The highest BCUT2D eigenvalue weighted by Crippen LogP contribution is 2.57. The van der Waals surface area contributed by atoms with Gasteiger partial charge >= 0.3 is 0 Å². The van der Waals surface area contributed by atoms with E-state index in [1.54, 1.807) is 115 Å². The summed E-state index contributed by atoms with van der Waals surface area (Å²) in [4.78, 5) is 17.1. The topological polar surface area (TPSA) is 103 Å². The highest BCUT2D eigenvalue weighted by atomic mass is 32.2. The van der Waals surface area contributed by atoms with Gasteiger partial charge in [0.15, 0.2) is 0 Å². The molecule has 0 N–H and O–H groups in total. The zero-order valence-corrected chi connectivity index (χ0v) is 89.8. The summed E-state index contributed by atoms with van der Waals surface area (Å²) in [6.45, 7) is 22.9. The largest absolute Gasteiger partial charge is 0.206 e. The summed E-state index contributed by atoms with van der Waals surface area (Å²) in [5, 5.41) is 2.93. The Balaban J connectivity index is 0.756. The summed E-state index contributed by atoms with van der Waals surface area (Å²) >= 11 is 18.3. The maximum atomic E-state index is 18.7. The number of hydrogen-bond acceptors (Lipinski definition) is 20. The lowest BCUT2D eigenvalue weighted by Gasteiger charge is -2.35. The zero-order chi connectivity index (χ0) is 92.2. The van der Waals surface area contributed by atoms with Crippen molar-refractivity contribution in [2.45, 2.75) is 325 Å². The molecule has 0 aliphatic carbocycles. The van der Waals surface area contributed by atoms with Crippen LogP contribution < -0.4 is 10.4 Å². The molecule has 4 aromatic carbocycles. The standard InChI is InChI=1S/C108H126F4N8S12Si/c1-11-21-29-35-43-67-53-85(91-77(109)57-73(95-99(91)117-129-113-95)81-51-49-71(121-81)47-39-33-25-15-5)125-103(67)105-69(45-37-31-23-13-3)55-87(127-105)93-79(111)59-75(97-101(93)119-131-115-97)83-61-89-107(123-83)108-90(133(89,63-65(19-9)41-27-17-7)64-66(20-10)42-28-18-8)62-84(124-108)76-60-80(112)94(102-98(76)116-132-120-102)88-56-70(46-38-32-24-14-4)106(128-88)104-68(44-36-30-22-12-2)54-86(126-104)92-78(110)58-74(96-100(92)118-130-114-96)82-52-50-72(122-82)48-40-34-26-16-6/h49-62,65-66H,11-48,63-64H2,1-10H3. The summed E-state index contributed by atoms with van der Waals surface area (Å²) < 4.78 is 113. The first-order chi connectivity index (χ1) is 65.2. The van der Waals surface area contributed by atoms with Gasteiger partial charge < -0.3 is 0 Å². The number of aromatic nitrogens is 8. The molecule has 17 rings (SSSR count). The van der Waals surface area contributed by atoms with Crippen LogP contribution in [0.1, 0.15) is 307 Å². The van der Waals surface area contributed by atoms with E-state index in [-0.39, 0.29) is 23.3 Å². The maximum absolute atomic E-state index is 18.7. The quantitative estimate of drug-likeness (QED) is 0.0211. The molecule has 12 aromatic heterocycles. The summed E-state index contributed by atoms with van der Waals surface area (Å²) in [5.74, 6) is -0.211. The fraction of sp³-hybridized carbons (Fsp3) is 0.481. The molecule has 0 amide bonds. The number of halogens is 4. The number of thiophene rings is 8. The molecule has 702 valence electrons. The summed E-state index contributed by atoms with van der Waals surface area (Å²) in [7, 11) is -2.76. The van der Waals surface area contributed by atoms with Gasteiger partial charge in [-0.2, -0.15) is 35.0 Å². The van der Waals surface area contributed by atoms with Crippen molar-refractivity contribution in [3.8, 4) is 113 Å². The van der Waals surface area contributed by atoms with Crippen LogP contribution in [0.3, 0.4) is 0 Å². The Kier molecular flexibility index (Phi) is 34.1. The molecule has 0 radical (unpaired) electrons. The van der Waals surface area contributed by atoms with Gasteiger partial charge in [-0.05, 0) is 219 Å². The molecule has 1 aliphatic heterocycles. The molecule has 25 heteroatoms. The molecule has 2 atom stereocenters. The van der Waals surface area contributed by atoms with Crippen molar-refractivity contribution in [2.24, 2.45) is 11.8 Å². The lowest BCUT2D eigenvalue weighted by atomic mass is 10.00. The minimum absolute atomic E-state index is 0.289. The Morgan fingerprint density at radius 2 is 0.504 bits per heavy atom. The van der Waals surface area contributed by atoms with Crippen molar-refractivity contribution in [1.29, 1.82) is 0 Å². The van der Waals surface area contributed by atoms with Gasteiger partial charge in [0.05, 0.1) is 69.2 Å². The molecular weight excluding hydrogens is 1900 g/mol. The van der Waals surface area contributed by atoms with E-state index in [0.717, 1.165) is 343 Å². The second-order valence-corrected chi connectivity index (χ2v) is 52.1. The van der Waals surface area contributed by atoms with Crippen molar-refractivity contribution in [3.63, 3.8) is 0 Å². The zero-order valence-electron chi connectivity index (χ0n) is 79.0. The Morgan fingerprint density at radius 1 is 0.248 bits per heavy atom. The van der Waals surface area contributed by atoms with Crippen molar-refractivity contribution < 1.29 is 17.6 Å². The van der Waals surface area contributed by atoms with Crippen molar-refractivity contribution in [3.05, 3.63) is 140 Å². The highest BCUT2D eigenvalue weighted by molar-refractivity contribution is 7.32. The van der Waals surface area contributed by atoms with Gasteiger partial charge in [0.1, 0.15) is 75.5 Å². The van der Waals surface area contributed by atoms with Crippen LogP contribution in [0.15, 0.2) is 84.9 Å². The molecule has 16 aromatic rings. The molecule has 1 aliphatic rings. The van der Waals surface area contributed by atoms with Gasteiger partial charge in [-0.3, -0.25) is 0 Å². The van der Waals surface area contributed by atoms with Crippen molar-refractivity contribution in [2.75, 3.05) is 0 Å². The predicted molar refractivity (Wildman–Crippen MR) is 581 cm³/mol. The first kappa shape index (κ1) is 98.3. The van der Waals surface area contributed by atoms with Gasteiger partial charge in [0.2, 0.25) is 0 Å². The molecule has 133 heavy (non-hydrogen) atoms. The van der Waals surface area contributed by atoms with Crippen LogP contribution in [0.4, 0.5) is 17.6 Å². The molecule has 0 saturated carbocycles. The second kappa shape index (κ2) is 46.2. The van der Waals surface area contributed by atoms with E-state index < -0.39 is 8.07 Å². The maximum Gasteiger partial charge on any atom is 0.134 e. The predicted octanol–water partition coefficient (Wildman–Crippen LogP) is 38.1. The van der Waals surface area contributed by atoms with Gasteiger partial charge in [-0.15, -0.1) is 90.7 Å². The number of rotatable bonds is 52. The SMILES string of the molecule is CCCCCCc1ccc(-c2cc(F)c(-c3cc(CCCCCC)c(-c4sc(-c5c(F)cc(-c6cc7c(s6)-c6sc(-c8cc(F)c(-c9cc(CCCCCC)c(-c%10sc(-c%11c(F)cc(-c%12ccc(CCCCCC)s%12)c%12nsnc%11%12)cc%10CCCCCC)s9)c9nsnc89)cc6[Si]7(CC(CC)CCCC)CC(CC)CCCC)c6nsnc56)cc4CCCCCC)s3)c3nsnc23)s1. The average Bonchev–Trinajstić information content (AvgIpc) is 1.52. The minimum Gasteiger partial charge on any atom is -0.206 e. The summed E-state index contributed by atoms with van der Waals surface area (Å²) in [6.07, 6.45) is 41.4. The van der Waals surface area contributed by atoms with E-state index in [0.29, 0.717) is 67.2 Å². The average molecular weight is 2030 g/mol. The number of benzene rings is 4. The van der Waals surface area contributed by atoms with E-state index in [1.807, 2.05) is 0 Å². The number of hydrogen-bond donors (Lipinski definition) is 0. The Labute approximate surface area is 834 Å². The van der Waals surface area contributed by atoms with Gasteiger partial charge in [0.25, 0.3) is 0 Å². The fourth-order valence-electron chi connectivity index (χ4n) is 20.4. The van der Waals surface area contributed by atoms with Crippen LogP contribution >= 0.6 is 138 Å². The number of unbranched alkanes of at least 4 members (excludes halogenated alkanes) is 20. The van der Waals surface area contributed by atoms with Crippen molar-refractivity contribution in [1.82, 2.24) is 35.0 Å². The summed E-state index contributed by atoms with van der Waals surface area (Å²) in [6, 6.07) is 31.9. The molecule has 0 spiro atoms. The first-order valence-corrected chi connectivity index (χ1v) is 61.8. The Bertz CT molecular complexity index is 6220. The third kappa shape index (κ3) is 21.1. The molecule has 13 heterocycles. The van der Waals surface area contributed by atoms with Gasteiger partial charge in [0, 0.05) is 100 Å². The third-order valence-electron chi connectivity index (χ3n) is 27.8. The lowest BCUT2D eigenvalue weighted by Crippen LogP contribution is -2.56. The van der Waals surface area contributed by atoms with Crippen LogP contribution in [0.25, 0.3) is 157 Å². The van der Waals surface area contributed by atoms with E-state index >= 15 is 17.6 Å². The van der Waals surface area contributed by atoms with E-state index in [4.69, 9.17) is 35.0 Å². The van der Waals surface area contributed by atoms with Crippen LogP contribution in [-0.4, -0.2) is 43.1 Å². The van der Waals surface area contributed by atoms with E-state index in [9.17, 15) is 0 Å². The first-order valence-electron chi connectivity index (χ1n) is 50.0. The number of aryl methyl sites for hydroxylation is 6. The van der Waals surface area contributed by atoms with E-state index in [1.165, 1.54) is 104 Å². The Hall–Kier alpha value is -6.30. The van der Waals surface area contributed by atoms with Crippen LogP contribution in [0, 0.1) is 35.1 Å². The molecule has 0 bridgehead atoms. The lowest BCUT2D eigenvalue weighted by molar-refractivity contribution is 0.469. The molecule has 0 fully saturated rings. The van der Waals surface area contributed by atoms with Crippen LogP contribution in [-0.2, 0) is 38.5 Å². The van der Waals surface area contributed by atoms with Crippen LogP contribution in [0.5, 0.6) is 0 Å². The second-order valence-electron chi connectivity index (χ2n) is 37.3. The fourth-order valence-corrected chi connectivity index (χ4v) is 40.7. The molecular formula is C108H126F4N8S12Si. The van der Waals surface area contributed by atoms with Crippen molar-refractivity contribution >= 4 is 200 Å². The van der Waals surface area contributed by atoms with Gasteiger partial charge in [-0.25, -0.2) is 17.6 Å². The highest BCUT2D eigenvalue weighted by Gasteiger charge is 2.51.